The molecule has 0 heterocycles. The van der Waals surface area contributed by atoms with Crippen molar-refractivity contribution in [3.8, 4) is 0 Å². The molecule has 1 aromatic carbocycles. The molecule has 1 rings (SSSR count). The second-order valence-electron chi connectivity index (χ2n) is 2.22. The fraction of sp³-hybridized carbons (Fsp3) is 0. The van der Waals surface area contributed by atoms with Gasteiger partial charge in [0.25, 0.3) is 0 Å². The van der Waals surface area contributed by atoms with Gasteiger partial charge in [-0.1, -0.05) is 0 Å². The molecule has 0 bridgehead atoms. The fourth-order valence-corrected chi connectivity index (χ4v) is 2.23. The van der Waals surface area contributed by atoms with Gasteiger partial charge < -0.3 is 0 Å². The Morgan fingerprint density at radius 1 is 1.46 bits per heavy atom. The number of benzene rings is 1. The summed E-state index contributed by atoms with van der Waals surface area (Å²) in [4.78, 5) is -0.500. The molecular formula is C6H4BrFINO2S. The zero-order chi connectivity index (χ0) is 10.2. The lowest BCUT2D eigenvalue weighted by Crippen LogP contribution is -2.14. The van der Waals surface area contributed by atoms with Crippen LogP contribution < -0.4 is 5.14 Å². The van der Waals surface area contributed by atoms with Gasteiger partial charge in [-0.15, -0.1) is 0 Å². The number of halogens is 3. The fourth-order valence-electron chi connectivity index (χ4n) is 0.728. The van der Waals surface area contributed by atoms with Gasteiger partial charge in [-0.3, -0.25) is 0 Å². The van der Waals surface area contributed by atoms with Gasteiger partial charge in [0.15, 0.2) is 5.82 Å². The molecule has 0 aliphatic heterocycles. The molecule has 0 aromatic heterocycles. The standard InChI is InChI=1S/C6H4BrFINO2S/c7-5-3(9)1-2-4(6(5)8)13(10,11)12/h1-2H,(H2,10,11,12). The van der Waals surface area contributed by atoms with Crippen molar-refractivity contribution in [2.24, 2.45) is 5.14 Å². The van der Waals surface area contributed by atoms with Crippen LogP contribution in [0, 0.1) is 9.39 Å². The van der Waals surface area contributed by atoms with E-state index in [4.69, 9.17) is 5.14 Å². The first-order valence-electron chi connectivity index (χ1n) is 3.00. The summed E-state index contributed by atoms with van der Waals surface area (Å²) in [6, 6.07) is 2.60. The average Bonchev–Trinajstić information content (AvgIpc) is 1.98. The average molecular weight is 380 g/mol. The first-order chi connectivity index (χ1) is 5.84. The Morgan fingerprint density at radius 3 is 2.46 bits per heavy atom. The first kappa shape index (κ1) is 11.3. The molecule has 0 amide bonds. The Morgan fingerprint density at radius 2 is 2.00 bits per heavy atom. The summed E-state index contributed by atoms with van der Waals surface area (Å²) in [5.41, 5.74) is 0. The molecule has 0 fully saturated rings. The summed E-state index contributed by atoms with van der Waals surface area (Å²) < 4.78 is 35.6. The lowest BCUT2D eigenvalue weighted by molar-refractivity contribution is 0.563. The highest BCUT2D eigenvalue weighted by Gasteiger charge is 2.17. The topological polar surface area (TPSA) is 60.2 Å². The SMILES string of the molecule is NS(=O)(=O)c1ccc(I)c(Br)c1F. The zero-order valence-corrected chi connectivity index (χ0v) is 10.7. The molecule has 0 saturated heterocycles. The van der Waals surface area contributed by atoms with Crippen LogP contribution in [-0.4, -0.2) is 8.42 Å². The third kappa shape index (κ3) is 2.39. The maximum atomic E-state index is 13.2. The van der Waals surface area contributed by atoms with Crippen LogP contribution in [-0.2, 0) is 10.0 Å². The van der Waals surface area contributed by atoms with Crippen LogP contribution in [0.25, 0.3) is 0 Å². The summed E-state index contributed by atoms with van der Waals surface area (Å²) >= 11 is 4.79. The number of primary sulfonamides is 1. The molecule has 0 atom stereocenters. The van der Waals surface area contributed by atoms with Gasteiger partial charge in [-0.25, -0.2) is 17.9 Å². The van der Waals surface area contributed by atoms with Gasteiger partial charge in [-0.2, -0.15) is 0 Å². The van der Waals surface area contributed by atoms with Gasteiger partial charge in [0.05, 0.1) is 4.47 Å². The van der Waals surface area contributed by atoms with E-state index in [2.05, 4.69) is 15.9 Å². The first-order valence-corrected chi connectivity index (χ1v) is 6.42. The second kappa shape index (κ2) is 3.79. The van der Waals surface area contributed by atoms with E-state index in [1.807, 2.05) is 22.6 Å². The molecule has 13 heavy (non-hydrogen) atoms. The Balaban J connectivity index is 3.53. The predicted molar refractivity (Wildman–Crippen MR) is 58.2 cm³/mol. The molecule has 7 heteroatoms. The minimum absolute atomic E-state index is 0.111. The second-order valence-corrected chi connectivity index (χ2v) is 5.70. The molecule has 0 radical (unpaired) electrons. The van der Waals surface area contributed by atoms with Crippen molar-refractivity contribution >= 4 is 48.5 Å². The van der Waals surface area contributed by atoms with Crippen molar-refractivity contribution in [2.45, 2.75) is 4.90 Å². The Labute approximate surface area is 96.8 Å². The Bertz CT molecular complexity index is 448. The van der Waals surface area contributed by atoms with Crippen molar-refractivity contribution in [3.63, 3.8) is 0 Å². The monoisotopic (exact) mass is 379 g/mol. The predicted octanol–water partition coefficient (Wildman–Crippen LogP) is 1.84. The van der Waals surface area contributed by atoms with Gasteiger partial charge >= 0.3 is 0 Å². The Hall–Kier alpha value is 0.270. The summed E-state index contributed by atoms with van der Waals surface area (Å²) in [6.07, 6.45) is 0. The quantitative estimate of drug-likeness (QED) is 0.597. The van der Waals surface area contributed by atoms with E-state index in [1.54, 1.807) is 0 Å². The van der Waals surface area contributed by atoms with Crippen molar-refractivity contribution in [2.75, 3.05) is 0 Å². The third-order valence-corrected chi connectivity index (χ3v) is 4.65. The van der Waals surface area contributed by atoms with Crippen LogP contribution in [0.4, 0.5) is 4.39 Å². The van der Waals surface area contributed by atoms with Gasteiger partial charge in [-0.05, 0) is 50.7 Å². The van der Waals surface area contributed by atoms with Crippen molar-refractivity contribution in [3.05, 3.63) is 26.0 Å². The van der Waals surface area contributed by atoms with E-state index in [1.165, 1.54) is 6.07 Å². The van der Waals surface area contributed by atoms with Crippen LogP contribution in [0.15, 0.2) is 21.5 Å². The highest BCUT2D eigenvalue weighted by Crippen LogP contribution is 2.26. The maximum absolute atomic E-state index is 13.2. The lowest BCUT2D eigenvalue weighted by atomic mass is 10.3. The molecule has 0 unspecified atom stereocenters. The van der Waals surface area contributed by atoms with Crippen molar-refractivity contribution in [1.82, 2.24) is 0 Å². The minimum Gasteiger partial charge on any atom is -0.225 e. The molecule has 72 valence electrons. The lowest BCUT2D eigenvalue weighted by Gasteiger charge is -2.03. The third-order valence-electron chi connectivity index (χ3n) is 1.31. The van der Waals surface area contributed by atoms with E-state index >= 15 is 0 Å². The van der Waals surface area contributed by atoms with Crippen molar-refractivity contribution < 1.29 is 12.8 Å². The Kier molecular flexibility index (Phi) is 3.31. The molecular weight excluding hydrogens is 376 g/mol. The smallest absolute Gasteiger partial charge is 0.225 e. The van der Waals surface area contributed by atoms with E-state index in [-0.39, 0.29) is 4.47 Å². The number of nitrogens with two attached hydrogens (primary N) is 1. The number of rotatable bonds is 1. The van der Waals surface area contributed by atoms with Crippen LogP contribution in [0.3, 0.4) is 0 Å². The van der Waals surface area contributed by atoms with E-state index in [0.29, 0.717) is 3.57 Å². The highest BCUT2D eigenvalue weighted by molar-refractivity contribution is 14.1. The van der Waals surface area contributed by atoms with Crippen LogP contribution >= 0.6 is 38.5 Å². The summed E-state index contributed by atoms with van der Waals surface area (Å²) in [5, 5.41) is 4.79. The zero-order valence-electron chi connectivity index (χ0n) is 6.09. The summed E-state index contributed by atoms with van der Waals surface area (Å²) in [6.45, 7) is 0. The van der Waals surface area contributed by atoms with Crippen LogP contribution in [0.1, 0.15) is 0 Å². The molecule has 0 aliphatic rings. The number of sulfonamides is 1. The van der Waals surface area contributed by atoms with E-state index < -0.39 is 20.7 Å². The molecule has 0 aliphatic carbocycles. The molecule has 1 aromatic rings. The van der Waals surface area contributed by atoms with E-state index in [9.17, 15) is 12.8 Å². The minimum atomic E-state index is -3.98. The highest BCUT2D eigenvalue weighted by atomic mass is 127. The molecule has 2 N–H and O–H groups in total. The summed E-state index contributed by atoms with van der Waals surface area (Å²) in [7, 11) is -3.98. The largest absolute Gasteiger partial charge is 0.241 e. The van der Waals surface area contributed by atoms with E-state index in [0.717, 1.165) is 6.07 Å². The normalized spacial score (nSPS) is 11.7. The van der Waals surface area contributed by atoms with Gasteiger partial charge in [0.1, 0.15) is 4.90 Å². The van der Waals surface area contributed by atoms with Gasteiger partial charge in [0, 0.05) is 3.57 Å². The van der Waals surface area contributed by atoms with Gasteiger partial charge in [0.2, 0.25) is 10.0 Å². The molecule has 0 spiro atoms. The molecule has 0 saturated carbocycles. The van der Waals surface area contributed by atoms with Crippen LogP contribution in [0.2, 0.25) is 0 Å². The number of hydrogen-bond acceptors (Lipinski definition) is 2. The number of hydrogen-bond donors (Lipinski definition) is 1. The summed E-state index contributed by atoms with van der Waals surface area (Å²) in [5.74, 6) is -0.852. The van der Waals surface area contributed by atoms with Crippen molar-refractivity contribution in [1.29, 1.82) is 0 Å². The maximum Gasteiger partial charge on any atom is 0.241 e. The molecule has 3 nitrogen and oxygen atoms in total. The van der Waals surface area contributed by atoms with Crippen LogP contribution in [0.5, 0.6) is 0 Å².